The second-order valence-electron chi connectivity index (χ2n) is 10.0. The highest BCUT2D eigenvalue weighted by molar-refractivity contribution is 5.92. The third-order valence-electron chi connectivity index (χ3n) is 7.24. The molecule has 0 radical (unpaired) electrons. The maximum atomic E-state index is 13.7. The summed E-state index contributed by atoms with van der Waals surface area (Å²) in [5.74, 6) is 1.10. The molecule has 0 atom stereocenters. The standard InChI is InChI=1S/C28H39N5O2/c1-21-19-22(2)30-28(29-21)31-17-13-24(14-18-31)27(35)32-15-9-5-4-6-10-16-33(23(3)34)26-12-8-7-11-25(26)20-32/h7-8,11-12,19,24H,4-6,9-10,13-18,20H2,1-3H3. The van der Waals surface area contributed by atoms with E-state index in [0.29, 0.717) is 6.54 Å². The van der Waals surface area contributed by atoms with Crippen LogP contribution < -0.4 is 9.80 Å². The van der Waals surface area contributed by atoms with Crippen molar-refractivity contribution in [3.05, 3.63) is 47.3 Å². The van der Waals surface area contributed by atoms with Crippen LogP contribution in [-0.2, 0) is 16.1 Å². The Bertz CT molecular complexity index is 1010. The maximum absolute atomic E-state index is 13.7. The molecule has 2 aliphatic rings. The minimum Gasteiger partial charge on any atom is -0.341 e. The van der Waals surface area contributed by atoms with Crippen LogP contribution in [0.1, 0.15) is 68.8 Å². The van der Waals surface area contributed by atoms with Crippen LogP contribution >= 0.6 is 0 Å². The lowest BCUT2D eigenvalue weighted by molar-refractivity contribution is -0.137. The van der Waals surface area contributed by atoms with E-state index in [0.717, 1.165) is 99.7 Å². The van der Waals surface area contributed by atoms with Gasteiger partial charge in [0.2, 0.25) is 17.8 Å². The lowest BCUT2D eigenvalue weighted by Gasteiger charge is -2.35. The largest absolute Gasteiger partial charge is 0.341 e. The highest BCUT2D eigenvalue weighted by Crippen LogP contribution is 2.27. The zero-order valence-corrected chi connectivity index (χ0v) is 21.5. The van der Waals surface area contributed by atoms with Gasteiger partial charge >= 0.3 is 0 Å². The van der Waals surface area contributed by atoms with E-state index in [1.54, 1.807) is 6.92 Å². The van der Waals surface area contributed by atoms with Crippen molar-refractivity contribution in [2.24, 2.45) is 5.92 Å². The quantitative estimate of drug-likeness (QED) is 0.629. The molecule has 1 aromatic carbocycles. The van der Waals surface area contributed by atoms with Crippen LogP contribution in [0.5, 0.6) is 0 Å². The molecule has 2 amide bonds. The molecule has 0 N–H and O–H groups in total. The van der Waals surface area contributed by atoms with E-state index < -0.39 is 0 Å². The number of hydrogen-bond donors (Lipinski definition) is 0. The molecule has 188 valence electrons. The number of piperidine rings is 1. The monoisotopic (exact) mass is 477 g/mol. The van der Waals surface area contributed by atoms with Crippen LogP contribution in [0.2, 0.25) is 0 Å². The van der Waals surface area contributed by atoms with Gasteiger partial charge in [-0.25, -0.2) is 9.97 Å². The zero-order chi connectivity index (χ0) is 24.8. The number of para-hydroxylation sites is 1. The topological polar surface area (TPSA) is 69.6 Å². The van der Waals surface area contributed by atoms with Gasteiger partial charge in [0.05, 0.1) is 0 Å². The van der Waals surface area contributed by atoms with Crippen LogP contribution in [0.25, 0.3) is 0 Å². The van der Waals surface area contributed by atoms with Gasteiger partial charge in [0, 0.05) is 62.6 Å². The minimum atomic E-state index is 0.0149. The summed E-state index contributed by atoms with van der Waals surface area (Å²) in [5.41, 5.74) is 3.95. The Hall–Kier alpha value is -2.96. The van der Waals surface area contributed by atoms with Crippen LogP contribution in [-0.4, -0.2) is 52.9 Å². The molecule has 1 fully saturated rings. The van der Waals surface area contributed by atoms with Gasteiger partial charge in [-0.05, 0) is 57.2 Å². The molecule has 3 heterocycles. The van der Waals surface area contributed by atoms with Crippen molar-refractivity contribution in [2.45, 2.75) is 72.3 Å². The summed E-state index contributed by atoms with van der Waals surface area (Å²) >= 11 is 0. The normalized spacial score (nSPS) is 18.4. The number of aryl methyl sites for hydroxylation is 2. The van der Waals surface area contributed by atoms with Gasteiger partial charge < -0.3 is 14.7 Å². The van der Waals surface area contributed by atoms with Gasteiger partial charge in [-0.1, -0.05) is 37.5 Å². The molecule has 0 unspecified atom stereocenters. The molecular formula is C28H39N5O2. The third kappa shape index (κ3) is 6.38. The summed E-state index contributed by atoms with van der Waals surface area (Å²) in [5, 5.41) is 0. The van der Waals surface area contributed by atoms with Gasteiger partial charge in [0.25, 0.3) is 0 Å². The average Bonchev–Trinajstić information content (AvgIpc) is 2.83. The van der Waals surface area contributed by atoms with Crippen molar-refractivity contribution in [1.82, 2.24) is 14.9 Å². The van der Waals surface area contributed by atoms with Gasteiger partial charge in [-0.2, -0.15) is 0 Å². The highest BCUT2D eigenvalue weighted by atomic mass is 16.2. The molecule has 35 heavy (non-hydrogen) atoms. The third-order valence-corrected chi connectivity index (χ3v) is 7.24. The highest BCUT2D eigenvalue weighted by Gasteiger charge is 2.30. The van der Waals surface area contributed by atoms with Gasteiger partial charge in [-0.3, -0.25) is 9.59 Å². The number of nitrogens with zero attached hydrogens (tertiary/aromatic N) is 5. The molecule has 0 saturated carbocycles. The van der Waals surface area contributed by atoms with Crippen molar-refractivity contribution in [2.75, 3.05) is 36.0 Å². The van der Waals surface area contributed by atoms with E-state index >= 15 is 0 Å². The number of benzene rings is 1. The first-order chi connectivity index (χ1) is 16.9. The van der Waals surface area contributed by atoms with E-state index in [1.165, 1.54) is 0 Å². The average molecular weight is 478 g/mol. The van der Waals surface area contributed by atoms with E-state index in [1.807, 2.05) is 47.9 Å². The molecule has 0 bridgehead atoms. The van der Waals surface area contributed by atoms with Crippen molar-refractivity contribution in [3.8, 4) is 0 Å². The van der Waals surface area contributed by atoms with Gasteiger partial charge in [0.15, 0.2) is 0 Å². The number of rotatable bonds is 2. The number of fused-ring (bicyclic) bond motifs is 1. The van der Waals surface area contributed by atoms with Crippen LogP contribution in [0, 0.1) is 19.8 Å². The molecule has 0 aliphatic carbocycles. The van der Waals surface area contributed by atoms with Crippen molar-refractivity contribution in [3.63, 3.8) is 0 Å². The number of amides is 2. The van der Waals surface area contributed by atoms with Crippen molar-refractivity contribution < 1.29 is 9.59 Å². The molecule has 1 saturated heterocycles. The fraction of sp³-hybridized carbons (Fsp3) is 0.571. The SMILES string of the molecule is CC(=O)N1CCCCCCCN(C(=O)C2CCN(c3nc(C)cc(C)n3)CC2)Cc2ccccc21. The predicted molar refractivity (Wildman–Crippen MR) is 139 cm³/mol. The number of carbonyl (C=O) groups excluding carboxylic acids is 2. The number of carbonyl (C=O) groups is 2. The summed E-state index contributed by atoms with van der Waals surface area (Å²) in [6.45, 7) is 9.28. The first-order valence-electron chi connectivity index (χ1n) is 13.1. The zero-order valence-electron chi connectivity index (χ0n) is 21.5. The second kappa shape index (κ2) is 11.6. The summed E-state index contributed by atoms with van der Waals surface area (Å²) < 4.78 is 0. The van der Waals surface area contributed by atoms with E-state index in [9.17, 15) is 9.59 Å². The van der Waals surface area contributed by atoms with Crippen molar-refractivity contribution >= 4 is 23.5 Å². The Balaban J connectivity index is 1.49. The molecule has 7 nitrogen and oxygen atoms in total. The summed E-state index contributed by atoms with van der Waals surface area (Å²) in [7, 11) is 0. The summed E-state index contributed by atoms with van der Waals surface area (Å²) in [6.07, 6.45) is 7.04. The van der Waals surface area contributed by atoms with Crippen molar-refractivity contribution in [1.29, 1.82) is 0 Å². The molecular weight excluding hydrogens is 438 g/mol. The van der Waals surface area contributed by atoms with E-state index in [4.69, 9.17) is 0 Å². The van der Waals surface area contributed by atoms with Gasteiger partial charge in [0.1, 0.15) is 0 Å². The lowest BCUT2D eigenvalue weighted by Crippen LogP contribution is -2.43. The Kier molecular flexibility index (Phi) is 8.37. The predicted octanol–water partition coefficient (Wildman–Crippen LogP) is 4.66. The molecule has 4 rings (SSSR count). The molecule has 2 aromatic rings. The summed E-state index contributed by atoms with van der Waals surface area (Å²) in [6, 6.07) is 10.1. The lowest BCUT2D eigenvalue weighted by atomic mass is 9.94. The van der Waals surface area contributed by atoms with Crippen LogP contribution in [0.3, 0.4) is 0 Å². The molecule has 1 aromatic heterocycles. The van der Waals surface area contributed by atoms with Crippen LogP contribution in [0.15, 0.2) is 30.3 Å². The second-order valence-corrected chi connectivity index (χ2v) is 10.0. The van der Waals surface area contributed by atoms with Crippen LogP contribution in [0.4, 0.5) is 11.6 Å². The fourth-order valence-electron chi connectivity index (χ4n) is 5.36. The Morgan fingerprint density at radius 3 is 2.17 bits per heavy atom. The fourth-order valence-corrected chi connectivity index (χ4v) is 5.36. The summed E-state index contributed by atoms with van der Waals surface area (Å²) in [4.78, 5) is 41.6. The van der Waals surface area contributed by atoms with E-state index in [-0.39, 0.29) is 17.7 Å². The van der Waals surface area contributed by atoms with E-state index in [2.05, 4.69) is 20.9 Å². The maximum Gasteiger partial charge on any atom is 0.226 e. The smallest absolute Gasteiger partial charge is 0.226 e. The minimum absolute atomic E-state index is 0.0149. The first-order valence-corrected chi connectivity index (χ1v) is 13.1. The number of aromatic nitrogens is 2. The van der Waals surface area contributed by atoms with Gasteiger partial charge in [-0.15, -0.1) is 0 Å². The number of anilines is 2. The first kappa shape index (κ1) is 25.1. The number of hydrogen-bond acceptors (Lipinski definition) is 5. The molecule has 0 spiro atoms. The Morgan fingerprint density at radius 2 is 1.49 bits per heavy atom. The Labute approximate surface area is 209 Å². The molecule has 7 heteroatoms. The Morgan fingerprint density at radius 1 is 0.857 bits per heavy atom. The molecule has 2 aliphatic heterocycles.